The Bertz CT molecular complexity index is 427. The molecule has 16 heavy (non-hydrogen) atoms. The van der Waals surface area contributed by atoms with Crippen LogP contribution < -0.4 is 0 Å². The van der Waals surface area contributed by atoms with Gasteiger partial charge in [0.15, 0.2) is 0 Å². The fourth-order valence-electron chi connectivity index (χ4n) is 2.12. The van der Waals surface area contributed by atoms with Gasteiger partial charge in [-0.05, 0) is 30.9 Å². The van der Waals surface area contributed by atoms with Crippen molar-refractivity contribution >= 4 is 17.6 Å². The molecule has 0 aliphatic heterocycles. The molecule has 0 atom stereocenters. The summed E-state index contributed by atoms with van der Waals surface area (Å²) in [6.07, 6.45) is 2.37. The van der Waals surface area contributed by atoms with E-state index in [1.165, 1.54) is 6.07 Å². The van der Waals surface area contributed by atoms with Gasteiger partial charge in [-0.15, -0.1) is 0 Å². The van der Waals surface area contributed by atoms with Crippen LogP contribution in [0.15, 0.2) is 18.2 Å². The lowest BCUT2D eigenvalue weighted by atomic mass is 9.65. The zero-order chi connectivity index (χ0) is 11.8. The summed E-state index contributed by atoms with van der Waals surface area (Å²) >= 11 is 5.66. The Morgan fingerprint density at radius 1 is 1.50 bits per heavy atom. The predicted molar refractivity (Wildman–Crippen MR) is 59.0 cm³/mol. The molecule has 1 aromatic carbocycles. The lowest BCUT2D eigenvalue weighted by Crippen LogP contribution is -2.40. The third kappa shape index (κ3) is 1.80. The van der Waals surface area contributed by atoms with Crippen LogP contribution in [0.3, 0.4) is 0 Å². The average molecular weight is 243 g/mol. The summed E-state index contributed by atoms with van der Waals surface area (Å²) in [6, 6.07) is 4.72. The molecule has 0 amide bonds. The molecule has 0 bridgehead atoms. The van der Waals surface area contributed by atoms with Gasteiger partial charge in [0.2, 0.25) is 0 Å². The van der Waals surface area contributed by atoms with Crippen molar-refractivity contribution in [1.82, 2.24) is 0 Å². The van der Waals surface area contributed by atoms with E-state index in [4.69, 9.17) is 16.7 Å². The van der Waals surface area contributed by atoms with E-state index in [2.05, 4.69) is 0 Å². The van der Waals surface area contributed by atoms with Crippen molar-refractivity contribution < 1.29 is 14.3 Å². The van der Waals surface area contributed by atoms with Crippen molar-refractivity contribution in [1.29, 1.82) is 0 Å². The van der Waals surface area contributed by atoms with Crippen LogP contribution in [0, 0.1) is 11.2 Å². The lowest BCUT2D eigenvalue weighted by molar-refractivity contribution is -0.154. The first-order valence-corrected chi connectivity index (χ1v) is 5.59. The first-order valence-electron chi connectivity index (χ1n) is 5.21. The Hall–Kier alpha value is -1.09. The van der Waals surface area contributed by atoms with Crippen LogP contribution in [0.5, 0.6) is 0 Å². The average Bonchev–Trinajstić information content (AvgIpc) is 2.17. The van der Waals surface area contributed by atoms with E-state index in [-0.39, 0.29) is 11.4 Å². The molecule has 1 N–H and O–H groups in total. The lowest BCUT2D eigenvalue weighted by Gasteiger charge is -2.37. The van der Waals surface area contributed by atoms with Crippen molar-refractivity contribution in [2.75, 3.05) is 0 Å². The van der Waals surface area contributed by atoms with Crippen molar-refractivity contribution in [3.8, 4) is 0 Å². The number of rotatable bonds is 3. The van der Waals surface area contributed by atoms with Crippen molar-refractivity contribution in [3.05, 3.63) is 34.6 Å². The highest BCUT2D eigenvalue weighted by Crippen LogP contribution is 2.44. The molecule has 2 nitrogen and oxygen atoms in total. The molecule has 1 fully saturated rings. The Kier molecular flexibility index (Phi) is 2.89. The summed E-state index contributed by atoms with van der Waals surface area (Å²) in [5, 5.41) is 9.20. The molecular weight excluding hydrogens is 231 g/mol. The predicted octanol–water partition coefficient (Wildman–Crippen LogP) is 3.28. The monoisotopic (exact) mass is 242 g/mol. The van der Waals surface area contributed by atoms with Gasteiger partial charge in [0.25, 0.3) is 0 Å². The maximum Gasteiger partial charge on any atom is 0.309 e. The second-order valence-electron chi connectivity index (χ2n) is 4.33. The SMILES string of the molecule is O=C(O)C1(Cc2cccc(Cl)c2F)CCC1. The minimum atomic E-state index is -0.835. The number of carboxylic acid groups (broad SMARTS) is 1. The van der Waals surface area contributed by atoms with Crippen LogP contribution in [0.1, 0.15) is 24.8 Å². The van der Waals surface area contributed by atoms with E-state index in [1.54, 1.807) is 12.1 Å². The summed E-state index contributed by atoms with van der Waals surface area (Å²) in [5.74, 6) is -1.32. The fraction of sp³-hybridized carbons (Fsp3) is 0.417. The molecule has 0 aromatic heterocycles. The molecule has 1 aliphatic carbocycles. The molecule has 0 unspecified atom stereocenters. The third-order valence-corrected chi connectivity index (χ3v) is 3.62. The first kappa shape index (κ1) is 11.4. The second-order valence-corrected chi connectivity index (χ2v) is 4.74. The van der Waals surface area contributed by atoms with Gasteiger partial charge < -0.3 is 5.11 Å². The minimum Gasteiger partial charge on any atom is -0.481 e. The summed E-state index contributed by atoms with van der Waals surface area (Å²) in [7, 11) is 0. The number of hydrogen-bond acceptors (Lipinski definition) is 1. The van der Waals surface area contributed by atoms with E-state index in [0.717, 1.165) is 6.42 Å². The number of benzene rings is 1. The van der Waals surface area contributed by atoms with Gasteiger partial charge in [-0.1, -0.05) is 30.2 Å². The van der Waals surface area contributed by atoms with Crippen LogP contribution >= 0.6 is 11.6 Å². The van der Waals surface area contributed by atoms with Crippen LogP contribution in [0.4, 0.5) is 4.39 Å². The fourth-order valence-corrected chi connectivity index (χ4v) is 2.31. The van der Waals surface area contributed by atoms with Gasteiger partial charge >= 0.3 is 5.97 Å². The van der Waals surface area contributed by atoms with Crippen LogP contribution in [0.2, 0.25) is 5.02 Å². The quantitative estimate of drug-likeness (QED) is 0.883. The van der Waals surface area contributed by atoms with E-state index in [1.807, 2.05) is 0 Å². The van der Waals surface area contributed by atoms with Crippen molar-refractivity contribution in [3.63, 3.8) is 0 Å². The molecule has 0 heterocycles. The molecule has 0 radical (unpaired) electrons. The van der Waals surface area contributed by atoms with Crippen LogP contribution in [-0.4, -0.2) is 11.1 Å². The van der Waals surface area contributed by atoms with E-state index in [9.17, 15) is 9.18 Å². The van der Waals surface area contributed by atoms with E-state index >= 15 is 0 Å². The zero-order valence-electron chi connectivity index (χ0n) is 8.67. The third-order valence-electron chi connectivity index (χ3n) is 3.32. The van der Waals surface area contributed by atoms with Gasteiger partial charge in [0, 0.05) is 0 Å². The largest absolute Gasteiger partial charge is 0.481 e. The topological polar surface area (TPSA) is 37.3 Å². The van der Waals surface area contributed by atoms with Gasteiger partial charge in [0.05, 0.1) is 10.4 Å². The molecule has 86 valence electrons. The second kappa shape index (κ2) is 4.06. The van der Waals surface area contributed by atoms with Gasteiger partial charge in [-0.2, -0.15) is 0 Å². The Morgan fingerprint density at radius 3 is 2.69 bits per heavy atom. The molecule has 1 aromatic rings. The number of carbonyl (C=O) groups is 1. The first-order chi connectivity index (χ1) is 7.55. The van der Waals surface area contributed by atoms with Crippen LogP contribution in [0.25, 0.3) is 0 Å². The van der Waals surface area contributed by atoms with Gasteiger partial charge in [-0.3, -0.25) is 4.79 Å². The molecule has 0 saturated heterocycles. The van der Waals surface area contributed by atoms with Crippen LogP contribution in [-0.2, 0) is 11.2 Å². The summed E-state index contributed by atoms with van der Waals surface area (Å²) in [6.45, 7) is 0. The van der Waals surface area contributed by atoms with Gasteiger partial charge in [0.1, 0.15) is 5.82 Å². The van der Waals surface area contributed by atoms with Crippen molar-refractivity contribution in [2.24, 2.45) is 5.41 Å². The number of carboxylic acids is 1. The smallest absolute Gasteiger partial charge is 0.309 e. The molecular formula is C12H12ClFO2. The molecule has 0 spiro atoms. The Balaban J connectivity index is 2.26. The molecule has 1 saturated carbocycles. The molecule has 1 aliphatic rings. The maximum absolute atomic E-state index is 13.6. The number of hydrogen-bond donors (Lipinski definition) is 1. The Morgan fingerprint density at radius 2 is 2.19 bits per heavy atom. The molecule has 2 rings (SSSR count). The molecule has 4 heteroatoms. The van der Waals surface area contributed by atoms with Gasteiger partial charge in [-0.25, -0.2) is 4.39 Å². The summed E-state index contributed by atoms with van der Waals surface area (Å²) in [5.41, 5.74) is -0.375. The standard InChI is InChI=1S/C12H12ClFO2/c13-9-4-1-3-8(10(9)14)7-12(11(15)16)5-2-6-12/h1,3-4H,2,5-7H2,(H,15,16). The summed E-state index contributed by atoms with van der Waals surface area (Å²) in [4.78, 5) is 11.1. The highest BCUT2D eigenvalue weighted by Gasteiger charge is 2.44. The summed E-state index contributed by atoms with van der Waals surface area (Å²) < 4.78 is 13.6. The maximum atomic E-state index is 13.6. The Labute approximate surface area is 98.0 Å². The number of aliphatic carboxylic acids is 1. The van der Waals surface area contributed by atoms with E-state index in [0.29, 0.717) is 18.4 Å². The van der Waals surface area contributed by atoms with Crippen molar-refractivity contribution in [2.45, 2.75) is 25.7 Å². The number of halogens is 2. The zero-order valence-corrected chi connectivity index (χ0v) is 9.43. The highest BCUT2D eigenvalue weighted by molar-refractivity contribution is 6.30. The highest BCUT2D eigenvalue weighted by atomic mass is 35.5. The minimum absolute atomic E-state index is 0.0531. The van der Waals surface area contributed by atoms with E-state index < -0.39 is 17.2 Å². The normalized spacial score (nSPS) is 17.9.